The van der Waals surface area contributed by atoms with Gasteiger partial charge in [-0.05, 0) is 33.9 Å². The van der Waals surface area contributed by atoms with Crippen molar-refractivity contribution in [2.24, 2.45) is 0 Å². The van der Waals surface area contributed by atoms with E-state index in [1.165, 1.54) is 0 Å². The molecule has 0 spiro atoms. The Morgan fingerprint density at radius 1 is 1.16 bits per heavy atom. The first-order valence-corrected chi connectivity index (χ1v) is 6.54. The zero-order valence-corrected chi connectivity index (χ0v) is 12.6. The molecule has 1 rings (SSSR count). The van der Waals surface area contributed by atoms with Crippen LogP contribution in [0.1, 0.15) is 26.3 Å². The summed E-state index contributed by atoms with van der Waals surface area (Å²) in [5, 5.41) is 3.12. The zero-order chi connectivity index (χ0) is 14.3. The van der Waals surface area contributed by atoms with Gasteiger partial charge in [0, 0.05) is 18.2 Å². The van der Waals surface area contributed by atoms with Gasteiger partial charge in [-0.15, -0.1) is 0 Å². The fourth-order valence-corrected chi connectivity index (χ4v) is 1.63. The fourth-order valence-electron chi connectivity index (χ4n) is 1.63. The number of hydrogen-bond donors (Lipinski definition) is 1. The molecule has 108 valence electrons. The Labute approximate surface area is 116 Å². The largest absolute Gasteiger partial charge is 0.497 e. The van der Waals surface area contributed by atoms with E-state index in [9.17, 15) is 0 Å². The molecule has 4 nitrogen and oxygen atoms in total. The highest BCUT2D eigenvalue weighted by atomic mass is 16.5. The van der Waals surface area contributed by atoms with Gasteiger partial charge >= 0.3 is 0 Å². The van der Waals surface area contributed by atoms with Gasteiger partial charge in [0.2, 0.25) is 0 Å². The molecule has 0 heterocycles. The van der Waals surface area contributed by atoms with Crippen LogP contribution in [0.5, 0.6) is 11.5 Å². The second kappa shape index (κ2) is 7.36. The molecule has 0 aliphatic carbocycles. The molecular formula is C15H25NO3. The van der Waals surface area contributed by atoms with Crippen molar-refractivity contribution in [3.63, 3.8) is 0 Å². The van der Waals surface area contributed by atoms with Crippen LogP contribution in [0.25, 0.3) is 0 Å². The van der Waals surface area contributed by atoms with Crippen molar-refractivity contribution in [2.75, 3.05) is 27.4 Å². The average molecular weight is 267 g/mol. The molecule has 19 heavy (non-hydrogen) atoms. The minimum Gasteiger partial charge on any atom is -0.497 e. The van der Waals surface area contributed by atoms with E-state index in [2.05, 4.69) is 5.32 Å². The first kappa shape index (κ1) is 15.8. The first-order chi connectivity index (χ1) is 8.96. The van der Waals surface area contributed by atoms with Crippen LogP contribution in [-0.2, 0) is 11.3 Å². The van der Waals surface area contributed by atoms with Gasteiger partial charge in [0.05, 0.1) is 19.3 Å². The highest BCUT2D eigenvalue weighted by Crippen LogP contribution is 2.24. The third-order valence-electron chi connectivity index (χ3n) is 2.52. The molecule has 0 atom stereocenters. The summed E-state index contributed by atoms with van der Waals surface area (Å²) >= 11 is 0. The van der Waals surface area contributed by atoms with Gasteiger partial charge in [-0.2, -0.15) is 0 Å². The van der Waals surface area contributed by atoms with Crippen molar-refractivity contribution in [1.29, 1.82) is 0 Å². The summed E-state index contributed by atoms with van der Waals surface area (Å²) in [5.74, 6) is 1.64. The number of hydrogen-bond acceptors (Lipinski definition) is 4. The average Bonchev–Trinajstić information content (AvgIpc) is 2.35. The Morgan fingerprint density at radius 2 is 1.89 bits per heavy atom. The van der Waals surface area contributed by atoms with E-state index < -0.39 is 0 Å². The quantitative estimate of drug-likeness (QED) is 0.771. The van der Waals surface area contributed by atoms with E-state index >= 15 is 0 Å². The molecule has 0 saturated heterocycles. The molecule has 0 bridgehead atoms. The number of rotatable bonds is 7. The van der Waals surface area contributed by atoms with E-state index in [4.69, 9.17) is 14.2 Å². The predicted molar refractivity (Wildman–Crippen MR) is 77.0 cm³/mol. The molecule has 0 amide bonds. The molecule has 0 unspecified atom stereocenters. The molecule has 0 aromatic heterocycles. The van der Waals surface area contributed by atoms with E-state index in [1.807, 2.05) is 46.0 Å². The van der Waals surface area contributed by atoms with Gasteiger partial charge in [0.15, 0.2) is 0 Å². The van der Waals surface area contributed by atoms with Crippen LogP contribution in [0.15, 0.2) is 18.2 Å². The van der Waals surface area contributed by atoms with Gasteiger partial charge in [0.25, 0.3) is 0 Å². The fraction of sp³-hybridized carbons (Fsp3) is 0.600. The summed E-state index contributed by atoms with van der Waals surface area (Å²) in [4.78, 5) is 0. The smallest absolute Gasteiger partial charge is 0.127 e. The van der Waals surface area contributed by atoms with E-state index in [0.29, 0.717) is 13.2 Å². The Kier molecular flexibility index (Phi) is 6.12. The number of benzene rings is 1. The maximum absolute atomic E-state index is 5.78. The van der Waals surface area contributed by atoms with Crippen LogP contribution >= 0.6 is 0 Å². The second-order valence-corrected chi connectivity index (χ2v) is 5.31. The third-order valence-corrected chi connectivity index (χ3v) is 2.52. The summed E-state index contributed by atoms with van der Waals surface area (Å²) in [6.45, 7) is 7.96. The van der Waals surface area contributed by atoms with Crippen LogP contribution in [0.2, 0.25) is 0 Å². The molecule has 1 aromatic rings. The highest BCUT2D eigenvalue weighted by molar-refractivity contribution is 5.40. The van der Waals surface area contributed by atoms with Gasteiger partial charge in [0.1, 0.15) is 18.1 Å². The molecule has 0 saturated carbocycles. The van der Waals surface area contributed by atoms with Gasteiger partial charge < -0.3 is 19.5 Å². The van der Waals surface area contributed by atoms with Crippen LogP contribution in [-0.4, -0.2) is 33.0 Å². The molecule has 1 N–H and O–H groups in total. The Morgan fingerprint density at radius 3 is 2.47 bits per heavy atom. The van der Waals surface area contributed by atoms with Crippen molar-refractivity contribution in [2.45, 2.75) is 32.9 Å². The molecule has 0 aliphatic rings. The topological polar surface area (TPSA) is 39.7 Å². The lowest BCUT2D eigenvalue weighted by Gasteiger charge is -2.20. The maximum atomic E-state index is 5.78. The summed E-state index contributed by atoms with van der Waals surface area (Å²) in [6.07, 6.45) is 0. The van der Waals surface area contributed by atoms with E-state index in [1.54, 1.807) is 7.11 Å². The molecule has 0 radical (unpaired) electrons. The Bertz CT molecular complexity index is 385. The lowest BCUT2D eigenvalue weighted by atomic mass is 10.2. The maximum Gasteiger partial charge on any atom is 0.127 e. The van der Waals surface area contributed by atoms with Crippen LogP contribution < -0.4 is 14.8 Å². The SMILES string of the molecule is CNCc1ccc(OC)cc1OCCOC(C)(C)C. The number of methoxy groups -OCH3 is 1. The lowest BCUT2D eigenvalue weighted by molar-refractivity contribution is -0.0164. The van der Waals surface area contributed by atoms with Crippen LogP contribution in [0.3, 0.4) is 0 Å². The van der Waals surface area contributed by atoms with E-state index in [-0.39, 0.29) is 5.60 Å². The normalized spacial score (nSPS) is 11.4. The summed E-state index contributed by atoms with van der Waals surface area (Å²) in [6, 6.07) is 5.85. The predicted octanol–water partition coefficient (Wildman–Crippen LogP) is 2.61. The zero-order valence-electron chi connectivity index (χ0n) is 12.6. The van der Waals surface area contributed by atoms with Gasteiger partial charge in [-0.1, -0.05) is 6.07 Å². The lowest BCUT2D eigenvalue weighted by Crippen LogP contribution is -2.22. The standard InChI is InChI=1S/C15H25NO3/c1-15(2,3)19-9-8-18-14-10-13(17-5)7-6-12(14)11-16-4/h6-7,10,16H,8-9,11H2,1-5H3. The minimum absolute atomic E-state index is 0.133. The summed E-state index contributed by atoms with van der Waals surface area (Å²) < 4.78 is 16.6. The minimum atomic E-state index is -0.133. The number of ether oxygens (including phenoxy) is 3. The van der Waals surface area contributed by atoms with Crippen LogP contribution in [0.4, 0.5) is 0 Å². The van der Waals surface area contributed by atoms with Crippen molar-refractivity contribution in [3.05, 3.63) is 23.8 Å². The highest BCUT2D eigenvalue weighted by Gasteiger charge is 2.10. The van der Waals surface area contributed by atoms with Crippen molar-refractivity contribution in [1.82, 2.24) is 5.32 Å². The monoisotopic (exact) mass is 267 g/mol. The Balaban J connectivity index is 2.59. The van der Waals surface area contributed by atoms with Crippen LogP contribution in [0, 0.1) is 0 Å². The third kappa shape index (κ3) is 5.94. The van der Waals surface area contributed by atoms with Crippen molar-refractivity contribution >= 4 is 0 Å². The second-order valence-electron chi connectivity index (χ2n) is 5.31. The van der Waals surface area contributed by atoms with Crippen molar-refractivity contribution in [3.8, 4) is 11.5 Å². The van der Waals surface area contributed by atoms with Gasteiger partial charge in [-0.25, -0.2) is 0 Å². The summed E-state index contributed by atoms with van der Waals surface area (Å²) in [5.41, 5.74) is 0.977. The Hall–Kier alpha value is -1.26. The molecular weight excluding hydrogens is 242 g/mol. The molecule has 1 aromatic carbocycles. The molecule has 0 fully saturated rings. The van der Waals surface area contributed by atoms with Crippen molar-refractivity contribution < 1.29 is 14.2 Å². The van der Waals surface area contributed by atoms with Gasteiger partial charge in [-0.3, -0.25) is 0 Å². The number of nitrogens with one attached hydrogen (secondary N) is 1. The van der Waals surface area contributed by atoms with E-state index in [0.717, 1.165) is 23.6 Å². The molecule has 4 heteroatoms. The molecule has 0 aliphatic heterocycles. The first-order valence-electron chi connectivity index (χ1n) is 6.54. The summed E-state index contributed by atoms with van der Waals surface area (Å²) in [7, 11) is 3.57.